The third-order valence-corrected chi connectivity index (χ3v) is 3.87. The molecular weight excluding hydrogens is 270 g/mol. The van der Waals surface area contributed by atoms with Crippen molar-refractivity contribution >= 4 is 11.8 Å². The van der Waals surface area contributed by atoms with Crippen LogP contribution in [0.4, 0.5) is 0 Å². The molecule has 20 heavy (non-hydrogen) atoms. The highest BCUT2D eigenvalue weighted by atomic mass is 32.2. The van der Waals surface area contributed by atoms with Gasteiger partial charge in [-0.1, -0.05) is 6.92 Å². The van der Waals surface area contributed by atoms with Gasteiger partial charge in [-0.15, -0.1) is 0 Å². The van der Waals surface area contributed by atoms with Crippen molar-refractivity contribution in [2.45, 2.75) is 35.9 Å². The summed E-state index contributed by atoms with van der Waals surface area (Å²) in [5.74, 6) is 0.846. The fourth-order valence-electron chi connectivity index (χ4n) is 1.70. The predicted octanol–water partition coefficient (Wildman–Crippen LogP) is 2.92. The molecule has 5 heteroatoms. The van der Waals surface area contributed by atoms with E-state index < -0.39 is 0 Å². The molecule has 0 aliphatic rings. The van der Waals surface area contributed by atoms with Crippen molar-refractivity contribution in [3.63, 3.8) is 0 Å². The quantitative estimate of drug-likeness (QED) is 0.829. The van der Waals surface area contributed by atoms with Gasteiger partial charge in [-0.2, -0.15) is 0 Å². The van der Waals surface area contributed by atoms with Crippen LogP contribution in [0.2, 0.25) is 0 Å². The molecule has 0 saturated heterocycles. The molecule has 0 aliphatic heterocycles. The number of rotatable bonds is 6. The highest BCUT2D eigenvalue weighted by molar-refractivity contribution is 7.99. The molecule has 0 amide bonds. The monoisotopic (exact) mass is 289 g/mol. The van der Waals surface area contributed by atoms with Crippen molar-refractivity contribution in [2.24, 2.45) is 5.73 Å². The van der Waals surface area contributed by atoms with Gasteiger partial charge in [-0.05, 0) is 54.4 Å². The molecule has 4 nitrogen and oxygen atoms in total. The Kier molecular flexibility index (Phi) is 5.38. The third-order valence-electron chi connectivity index (χ3n) is 2.97. The number of aromatic nitrogens is 2. The third kappa shape index (κ3) is 4.21. The van der Waals surface area contributed by atoms with Crippen molar-refractivity contribution in [1.82, 2.24) is 9.97 Å². The summed E-state index contributed by atoms with van der Waals surface area (Å²) in [6.45, 7) is 2.08. The van der Waals surface area contributed by atoms with E-state index in [4.69, 9.17) is 10.5 Å². The van der Waals surface area contributed by atoms with Crippen molar-refractivity contribution in [3.05, 3.63) is 42.2 Å². The topological polar surface area (TPSA) is 61.0 Å². The normalized spacial score (nSPS) is 12.2. The molecule has 2 N–H and O–H groups in total. The average Bonchev–Trinajstić information content (AvgIpc) is 2.50. The maximum Gasteiger partial charge on any atom is 0.192 e. The smallest absolute Gasteiger partial charge is 0.192 e. The highest BCUT2D eigenvalue weighted by Gasteiger charge is 2.04. The molecule has 1 atom stereocenters. The van der Waals surface area contributed by atoms with Gasteiger partial charge in [-0.25, -0.2) is 9.97 Å². The molecule has 0 saturated carbocycles. The first-order valence-electron chi connectivity index (χ1n) is 6.59. The van der Waals surface area contributed by atoms with Gasteiger partial charge in [0.05, 0.1) is 7.11 Å². The van der Waals surface area contributed by atoms with Crippen LogP contribution in [0.3, 0.4) is 0 Å². The van der Waals surface area contributed by atoms with Gasteiger partial charge in [0.25, 0.3) is 0 Å². The van der Waals surface area contributed by atoms with Gasteiger partial charge >= 0.3 is 0 Å². The van der Waals surface area contributed by atoms with Crippen LogP contribution in [-0.4, -0.2) is 23.1 Å². The summed E-state index contributed by atoms with van der Waals surface area (Å²) in [6, 6.07) is 8.02. The lowest BCUT2D eigenvalue weighted by Crippen LogP contribution is -2.21. The Bertz CT molecular complexity index is 528. The Labute approximate surface area is 123 Å². The Morgan fingerprint density at radius 2 is 1.85 bits per heavy atom. The van der Waals surface area contributed by atoms with E-state index in [-0.39, 0.29) is 6.04 Å². The molecule has 1 aromatic heterocycles. The predicted molar refractivity (Wildman–Crippen MR) is 81.1 cm³/mol. The van der Waals surface area contributed by atoms with Crippen molar-refractivity contribution in [2.75, 3.05) is 7.11 Å². The zero-order valence-electron chi connectivity index (χ0n) is 11.7. The number of nitrogens with two attached hydrogens (primary N) is 1. The van der Waals surface area contributed by atoms with Crippen molar-refractivity contribution < 1.29 is 4.74 Å². The molecule has 1 aromatic carbocycles. The summed E-state index contributed by atoms with van der Waals surface area (Å²) in [5.41, 5.74) is 7.00. The number of ether oxygens (including phenoxy) is 1. The minimum Gasteiger partial charge on any atom is -0.497 e. The van der Waals surface area contributed by atoms with Crippen LogP contribution in [0.1, 0.15) is 18.9 Å². The summed E-state index contributed by atoms with van der Waals surface area (Å²) in [7, 11) is 1.66. The average molecular weight is 289 g/mol. The molecular formula is C15H19N3OS. The van der Waals surface area contributed by atoms with Crippen LogP contribution in [0, 0.1) is 0 Å². The van der Waals surface area contributed by atoms with Crippen molar-refractivity contribution in [1.29, 1.82) is 0 Å². The van der Waals surface area contributed by atoms with E-state index >= 15 is 0 Å². The summed E-state index contributed by atoms with van der Waals surface area (Å²) >= 11 is 1.53. The molecule has 0 radical (unpaired) electrons. The lowest BCUT2D eigenvalue weighted by Gasteiger charge is -2.08. The van der Waals surface area contributed by atoms with Gasteiger partial charge in [0.2, 0.25) is 0 Å². The molecule has 0 bridgehead atoms. The summed E-state index contributed by atoms with van der Waals surface area (Å²) in [4.78, 5) is 9.82. The molecule has 106 valence electrons. The summed E-state index contributed by atoms with van der Waals surface area (Å²) < 4.78 is 5.13. The van der Waals surface area contributed by atoms with Gasteiger partial charge in [0, 0.05) is 23.3 Å². The molecule has 0 fully saturated rings. The molecule has 0 aliphatic carbocycles. The highest BCUT2D eigenvalue weighted by Crippen LogP contribution is 2.26. The lowest BCUT2D eigenvalue weighted by molar-refractivity contribution is 0.414. The number of hydrogen-bond acceptors (Lipinski definition) is 5. The largest absolute Gasteiger partial charge is 0.497 e. The fourth-order valence-corrected chi connectivity index (χ4v) is 2.39. The number of nitrogens with zero attached hydrogens (tertiary/aromatic N) is 2. The second-order valence-electron chi connectivity index (χ2n) is 4.52. The first-order valence-corrected chi connectivity index (χ1v) is 7.41. The van der Waals surface area contributed by atoms with E-state index in [2.05, 4.69) is 16.9 Å². The maximum absolute atomic E-state index is 5.92. The first kappa shape index (κ1) is 14.8. The van der Waals surface area contributed by atoms with Crippen LogP contribution in [0.15, 0.2) is 46.7 Å². The Morgan fingerprint density at radius 3 is 2.40 bits per heavy atom. The van der Waals surface area contributed by atoms with Crippen LogP contribution in [0.5, 0.6) is 5.75 Å². The standard InChI is InChI=1S/C15H19N3OS/c1-3-12(16)8-11-9-17-15(18-10-11)20-14-6-4-13(19-2)5-7-14/h4-7,9-10,12H,3,8,16H2,1-2H3. The van der Waals surface area contributed by atoms with E-state index in [9.17, 15) is 0 Å². The minimum absolute atomic E-state index is 0.179. The summed E-state index contributed by atoms with van der Waals surface area (Å²) in [6.07, 6.45) is 5.50. The van der Waals surface area contributed by atoms with E-state index in [1.807, 2.05) is 36.7 Å². The van der Waals surface area contributed by atoms with E-state index in [1.165, 1.54) is 11.8 Å². The van der Waals surface area contributed by atoms with Crippen LogP contribution < -0.4 is 10.5 Å². The van der Waals surface area contributed by atoms with Crippen molar-refractivity contribution in [3.8, 4) is 5.75 Å². The minimum atomic E-state index is 0.179. The SMILES string of the molecule is CCC(N)Cc1cnc(Sc2ccc(OC)cc2)nc1. The van der Waals surface area contributed by atoms with Gasteiger partial charge in [-0.3, -0.25) is 0 Å². The number of hydrogen-bond donors (Lipinski definition) is 1. The second kappa shape index (κ2) is 7.26. The number of benzene rings is 1. The number of methoxy groups -OCH3 is 1. The maximum atomic E-state index is 5.92. The fraction of sp³-hybridized carbons (Fsp3) is 0.333. The van der Waals surface area contributed by atoms with Crippen LogP contribution >= 0.6 is 11.8 Å². The lowest BCUT2D eigenvalue weighted by atomic mass is 10.1. The van der Waals surface area contributed by atoms with Gasteiger partial charge in [0.15, 0.2) is 5.16 Å². The Morgan fingerprint density at radius 1 is 1.20 bits per heavy atom. The van der Waals surface area contributed by atoms with E-state index in [0.717, 1.165) is 34.2 Å². The molecule has 2 rings (SSSR count). The molecule has 0 spiro atoms. The second-order valence-corrected chi connectivity index (χ2v) is 5.56. The van der Waals surface area contributed by atoms with Crippen LogP contribution in [-0.2, 0) is 6.42 Å². The molecule has 1 heterocycles. The zero-order chi connectivity index (χ0) is 14.4. The molecule has 2 aromatic rings. The van der Waals surface area contributed by atoms with Crippen LogP contribution in [0.25, 0.3) is 0 Å². The van der Waals surface area contributed by atoms with E-state index in [0.29, 0.717) is 0 Å². The van der Waals surface area contributed by atoms with Gasteiger partial charge < -0.3 is 10.5 Å². The summed E-state index contributed by atoms with van der Waals surface area (Å²) in [5, 5.41) is 0.740. The zero-order valence-corrected chi connectivity index (χ0v) is 12.6. The first-order chi connectivity index (χ1) is 9.71. The van der Waals surface area contributed by atoms with Gasteiger partial charge in [0.1, 0.15) is 5.75 Å². The Hall–Kier alpha value is -1.59. The van der Waals surface area contributed by atoms with E-state index in [1.54, 1.807) is 7.11 Å². The molecule has 1 unspecified atom stereocenters. The Balaban J connectivity index is 1.99.